The molecule has 7 heteroatoms. The number of benzene rings is 1. The number of nitrogens with one attached hydrogen (secondary N) is 1. The third kappa shape index (κ3) is 2.88. The van der Waals surface area contributed by atoms with E-state index in [9.17, 15) is 8.42 Å². The molecule has 20 heavy (non-hydrogen) atoms. The smallest absolute Gasteiger partial charge is 0.242 e. The molecule has 0 unspecified atom stereocenters. The Balaban J connectivity index is 2.40. The quantitative estimate of drug-likeness (QED) is 0.939. The van der Waals surface area contributed by atoms with Crippen molar-refractivity contribution in [1.29, 1.82) is 5.26 Å². The van der Waals surface area contributed by atoms with Crippen LogP contribution < -0.4 is 4.72 Å². The molecule has 104 valence electrons. The van der Waals surface area contributed by atoms with Crippen LogP contribution in [-0.4, -0.2) is 13.4 Å². The Morgan fingerprint density at radius 2 is 2.05 bits per heavy atom. The van der Waals surface area contributed by atoms with Gasteiger partial charge in [0.25, 0.3) is 0 Å². The van der Waals surface area contributed by atoms with Crippen molar-refractivity contribution in [3.8, 4) is 6.07 Å². The van der Waals surface area contributed by atoms with E-state index >= 15 is 0 Å². The van der Waals surface area contributed by atoms with Crippen LogP contribution in [0.4, 0.5) is 0 Å². The molecule has 0 saturated carbocycles. The van der Waals surface area contributed by atoms with Crippen LogP contribution in [0.25, 0.3) is 0 Å². The molecule has 0 fully saturated rings. The highest BCUT2D eigenvalue weighted by molar-refractivity contribution is 7.89. The van der Waals surface area contributed by atoms with Gasteiger partial charge in [0.1, 0.15) is 11.1 Å². The van der Waals surface area contributed by atoms with Crippen LogP contribution in [0.5, 0.6) is 0 Å². The van der Waals surface area contributed by atoms with Crippen molar-refractivity contribution >= 4 is 21.4 Å². The van der Waals surface area contributed by atoms with Crippen LogP contribution in [0.3, 0.4) is 0 Å². The number of nitrogens with zero attached hydrogens (tertiary/aromatic N) is 2. The first-order valence-corrected chi connectivity index (χ1v) is 8.16. The highest BCUT2D eigenvalue weighted by Crippen LogP contribution is 2.25. The highest BCUT2D eigenvalue weighted by atomic mass is 32.2. The van der Waals surface area contributed by atoms with E-state index < -0.39 is 15.6 Å². The molecule has 1 aromatic carbocycles. The summed E-state index contributed by atoms with van der Waals surface area (Å²) in [6, 6.07) is 8.00. The number of sulfonamides is 1. The number of hydrogen-bond acceptors (Lipinski definition) is 5. The molecule has 2 aromatic rings. The van der Waals surface area contributed by atoms with Gasteiger partial charge in [0.15, 0.2) is 0 Å². The minimum Gasteiger partial charge on any atom is -0.248 e. The second kappa shape index (κ2) is 5.32. The third-order valence-electron chi connectivity index (χ3n) is 2.65. The monoisotopic (exact) mass is 307 g/mol. The van der Waals surface area contributed by atoms with Crippen LogP contribution in [-0.2, 0) is 15.6 Å². The average molecular weight is 307 g/mol. The Bertz CT molecular complexity index is 744. The first kappa shape index (κ1) is 14.7. The molecule has 1 heterocycles. The zero-order valence-electron chi connectivity index (χ0n) is 11.0. The van der Waals surface area contributed by atoms with Gasteiger partial charge in [-0.15, -0.1) is 11.3 Å². The average Bonchev–Trinajstić information content (AvgIpc) is 2.92. The third-order valence-corrected chi connectivity index (χ3v) is 5.46. The molecule has 0 atom stereocenters. The fourth-order valence-electron chi connectivity index (χ4n) is 1.76. The Kier molecular flexibility index (Phi) is 3.90. The minimum absolute atomic E-state index is 0.0212. The van der Waals surface area contributed by atoms with Gasteiger partial charge in [-0.2, -0.15) is 9.98 Å². The van der Waals surface area contributed by atoms with E-state index in [1.54, 1.807) is 37.6 Å². The van der Waals surface area contributed by atoms with E-state index in [1.807, 2.05) is 6.07 Å². The van der Waals surface area contributed by atoms with Crippen molar-refractivity contribution < 1.29 is 8.42 Å². The number of thiazole rings is 1. The molecule has 5 nitrogen and oxygen atoms in total. The lowest BCUT2D eigenvalue weighted by atomic mass is 10.1. The topological polar surface area (TPSA) is 82.9 Å². The molecule has 0 amide bonds. The van der Waals surface area contributed by atoms with Gasteiger partial charge in [-0.3, -0.25) is 0 Å². The highest BCUT2D eigenvalue weighted by Gasteiger charge is 2.31. The lowest BCUT2D eigenvalue weighted by Crippen LogP contribution is -2.41. The predicted octanol–water partition coefficient (Wildman–Crippen LogP) is 2.23. The predicted molar refractivity (Wildman–Crippen MR) is 76.6 cm³/mol. The standard InChI is InChI=1S/C13H13N3O2S2/c1-13(2,12-15-7-8-19-12)16-20(17,18)11-6-4-3-5-10(11)9-14/h3-8,16H,1-2H3. The largest absolute Gasteiger partial charge is 0.248 e. The van der Waals surface area contributed by atoms with E-state index in [2.05, 4.69) is 9.71 Å². The Morgan fingerprint density at radius 3 is 2.65 bits per heavy atom. The lowest BCUT2D eigenvalue weighted by molar-refractivity contribution is 0.469. The minimum atomic E-state index is -3.79. The van der Waals surface area contributed by atoms with E-state index in [0.717, 1.165) is 0 Å². The normalized spacial score (nSPS) is 12.1. The van der Waals surface area contributed by atoms with Gasteiger partial charge in [-0.25, -0.2) is 13.4 Å². The molecule has 1 aromatic heterocycles. The van der Waals surface area contributed by atoms with Crippen molar-refractivity contribution in [2.75, 3.05) is 0 Å². The van der Waals surface area contributed by atoms with Crippen LogP contribution in [0, 0.1) is 11.3 Å². The molecule has 0 radical (unpaired) electrons. The van der Waals surface area contributed by atoms with Crippen LogP contribution in [0.2, 0.25) is 0 Å². The fraction of sp³-hybridized carbons (Fsp3) is 0.231. The summed E-state index contributed by atoms with van der Waals surface area (Å²) in [5.74, 6) is 0. The van der Waals surface area contributed by atoms with Crippen LogP contribution in [0.15, 0.2) is 40.7 Å². The number of rotatable bonds is 4. The first-order chi connectivity index (χ1) is 9.37. The van der Waals surface area contributed by atoms with Gasteiger partial charge in [-0.05, 0) is 26.0 Å². The molecule has 2 rings (SSSR count). The van der Waals surface area contributed by atoms with Crippen LogP contribution in [0.1, 0.15) is 24.4 Å². The SMILES string of the molecule is CC(C)(NS(=O)(=O)c1ccccc1C#N)c1nccs1. The molecule has 0 saturated heterocycles. The molecule has 0 aliphatic rings. The fourth-order valence-corrected chi connectivity index (χ4v) is 4.08. The van der Waals surface area contributed by atoms with Gasteiger partial charge in [-0.1, -0.05) is 12.1 Å². The molecule has 0 bridgehead atoms. The maximum absolute atomic E-state index is 12.4. The van der Waals surface area contributed by atoms with Gasteiger partial charge in [0.2, 0.25) is 10.0 Å². The first-order valence-electron chi connectivity index (χ1n) is 5.80. The molecular formula is C13H13N3O2S2. The molecular weight excluding hydrogens is 294 g/mol. The van der Waals surface area contributed by atoms with Crippen molar-refractivity contribution in [2.45, 2.75) is 24.3 Å². The number of aromatic nitrogens is 1. The summed E-state index contributed by atoms with van der Waals surface area (Å²) in [4.78, 5) is 4.11. The zero-order valence-corrected chi connectivity index (χ0v) is 12.6. The number of nitriles is 1. The summed E-state index contributed by atoms with van der Waals surface area (Å²) < 4.78 is 27.5. The maximum Gasteiger partial charge on any atom is 0.242 e. The second-order valence-electron chi connectivity index (χ2n) is 4.68. The van der Waals surface area contributed by atoms with Crippen molar-refractivity contribution in [3.63, 3.8) is 0 Å². The van der Waals surface area contributed by atoms with Crippen LogP contribution >= 0.6 is 11.3 Å². The summed E-state index contributed by atoms with van der Waals surface area (Å²) in [6.45, 7) is 3.47. The van der Waals surface area contributed by atoms with Gasteiger partial charge >= 0.3 is 0 Å². The Hall–Kier alpha value is -1.75. The van der Waals surface area contributed by atoms with Gasteiger partial charge < -0.3 is 0 Å². The maximum atomic E-state index is 12.4. The van der Waals surface area contributed by atoms with Crippen molar-refractivity contribution in [1.82, 2.24) is 9.71 Å². The Labute approximate surface area is 122 Å². The molecule has 0 aliphatic carbocycles. The van der Waals surface area contributed by atoms with Gasteiger partial charge in [0, 0.05) is 11.6 Å². The lowest BCUT2D eigenvalue weighted by Gasteiger charge is -2.23. The van der Waals surface area contributed by atoms with Crippen molar-refractivity contribution in [2.24, 2.45) is 0 Å². The summed E-state index contributed by atoms with van der Waals surface area (Å²) in [7, 11) is -3.79. The van der Waals surface area contributed by atoms with E-state index in [4.69, 9.17) is 5.26 Å². The second-order valence-corrected chi connectivity index (χ2v) is 7.22. The van der Waals surface area contributed by atoms with Gasteiger partial charge in [0.05, 0.1) is 16.0 Å². The zero-order chi connectivity index (χ0) is 14.8. The summed E-state index contributed by atoms with van der Waals surface area (Å²) in [5, 5.41) is 11.5. The molecule has 0 spiro atoms. The Morgan fingerprint density at radius 1 is 1.35 bits per heavy atom. The number of hydrogen-bond donors (Lipinski definition) is 1. The summed E-state index contributed by atoms with van der Waals surface area (Å²) in [6.07, 6.45) is 1.62. The summed E-state index contributed by atoms with van der Waals surface area (Å²) in [5.41, 5.74) is -0.717. The summed E-state index contributed by atoms with van der Waals surface area (Å²) >= 11 is 1.37. The van der Waals surface area contributed by atoms with E-state index in [1.165, 1.54) is 23.5 Å². The molecule has 0 aliphatic heterocycles. The van der Waals surface area contributed by atoms with Crippen molar-refractivity contribution in [3.05, 3.63) is 46.4 Å². The van der Waals surface area contributed by atoms with E-state index in [0.29, 0.717) is 5.01 Å². The molecule has 1 N–H and O–H groups in total. The van der Waals surface area contributed by atoms with E-state index in [-0.39, 0.29) is 10.5 Å².